The molecule has 2 heterocycles. The van der Waals surface area contributed by atoms with Gasteiger partial charge in [-0.3, -0.25) is 4.79 Å². The Morgan fingerprint density at radius 3 is 2.50 bits per heavy atom. The fourth-order valence-corrected chi connectivity index (χ4v) is 4.61. The summed E-state index contributed by atoms with van der Waals surface area (Å²) >= 11 is 1.44. The number of hydrogen-bond donors (Lipinski definition) is 1. The number of anilines is 2. The molecule has 1 saturated carbocycles. The number of rotatable bonds is 8. The van der Waals surface area contributed by atoms with Crippen molar-refractivity contribution in [3.63, 3.8) is 0 Å². The number of carbonyl (C=O) groups is 1. The average molecular weight is 450 g/mol. The van der Waals surface area contributed by atoms with Crippen LogP contribution in [0.2, 0.25) is 0 Å². The predicted octanol–water partition coefficient (Wildman–Crippen LogP) is 3.77. The van der Waals surface area contributed by atoms with Crippen molar-refractivity contribution in [2.45, 2.75) is 30.5 Å². The van der Waals surface area contributed by atoms with E-state index in [1.165, 1.54) is 30.2 Å². The van der Waals surface area contributed by atoms with Crippen molar-refractivity contribution in [1.82, 2.24) is 14.8 Å². The lowest BCUT2D eigenvalue weighted by Gasteiger charge is -2.28. The van der Waals surface area contributed by atoms with Gasteiger partial charge in [-0.2, -0.15) is 0 Å². The van der Waals surface area contributed by atoms with Gasteiger partial charge in [-0.25, -0.2) is 0 Å². The number of thioether (sulfide) groups is 1. The van der Waals surface area contributed by atoms with Gasteiger partial charge in [0.15, 0.2) is 5.16 Å². The Kier molecular flexibility index (Phi) is 6.41. The molecular weight excluding hydrogens is 422 g/mol. The fraction of sp³-hybridized carbons (Fsp3) is 0.375. The first-order chi connectivity index (χ1) is 15.8. The maximum atomic E-state index is 12.6. The van der Waals surface area contributed by atoms with Crippen molar-refractivity contribution >= 4 is 29.0 Å². The van der Waals surface area contributed by atoms with E-state index in [0.29, 0.717) is 11.7 Å². The van der Waals surface area contributed by atoms with Crippen molar-refractivity contribution in [2.75, 3.05) is 42.3 Å². The van der Waals surface area contributed by atoms with E-state index in [0.717, 1.165) is 55.2 Å². The van der Waals surface area contributed by atoms with E-state index in [4.69, 9.17) is 4.74 Å². The largest absolute Gasteiger partial charge is 0.378 e. The van der Waals surface area contributed by atoms with Crippen molar-refractivity contribution in [3.8, 4) is 0 Å². The second kappa shape index (κ2) is 9.75. The maximum absolute atomic E-state index is 12.6. The van der Waals surface area contributed by atoms with E-state index in [1.807, 2.05) is 42.5 Å². The molecule has 2 aromatic carbocycles. The fourth-order valence-electron chi connectivity index (χ4n) is 3.87. The zero-order valence-electron chi connectivity index (χ0n) is 17.9. The molecule has 166 valence electrons. The molecule has 1 aliphatic heterocycles. The molecule has 3 aromatic rings. The number of nitrogens with one attached hydrogen (secondary N) is 1. The minimum atomic E-state index is -0.0450. The van der Waals surface area contributed by atoms with Crippen LogP contribution in [0.25, 0.3) is 0 Å². The monoisotopic (exact) mass is 449 g/mol. The first-order valence-corrected chi connectivity index (χ1v) is 12.1. The number of carbonyl (C=O) groups excluding carboxylic acids is 1. The topological polar surface area (TPSA) is 72.3 Å². The predicted molar refractivity (Wildman–Crippen MR) is 126 cm³/mol. The summed E-state index contributed by atoms with van der Waals surface area (Å²) in [5.41, 5.74) is 3.17. The summed E-state index contributed by atoms with van der Waals surface area (Å²) in [5, 5.41) is 12.6. The van der Waals surface area contributed by atoms with Crippen LogP contribution < -0.4 is 10.2 Å². The number of benzene rings is 2. The van der Waals surface area contributed by atoms with Crippen molar-refractivity contribution in [2.24, 2.45) is 0 Å². The lowest BCUT2D eigenvalue weighted by Crippen LogP contribution is -2.36. The summed E-state index contributed by atoms with van der Waals surface area (Å²) in [5.74, 6) is 1.79. The van der Waals surface area contributed by atoms with Crippen LogP contribution in [0.1, 0.15) is 30.1 Å². The van der Waals surface area contributed by atoms with Crippen LogP contribution in [0, 0.1) is 0 Å². The lowest BCUT2D eigenvalue weighted by molar-refractivity contribution is -0.113. The summed E-state index contributed by atoms with van der Waals surface area (Å²) < 4.78 is 7.58. The second-order valence-corrected chi connectivity index (χ2v) is 9.11. The summed E-state index contributed by atoms with van der Waals surface area (Å²) in [6, 6.07) is 18.3. The highest BCUT2D eigenvalue weighted by Crippen LogP contribution is 2.40. The zero-order valence-corrected chi connectivity index (χ0v) is 18.8. The molecule has 1 saturated heterocycles. The second-order valence-electron chi connectivity index (χ2n) is 8.17. The highest BCUT2D eigenvalue weighted by atomic mass is 32.2. The van der Waals surface area contributed by atoms with E-state index < -0.39 is 0 Å². The van der Waals surface area contributed by atoms with Crippen LogP contribution >= 0.6 is 11.8 Å². The molecule has 7 nitrogen and oxygen atoms in total. The Morgan fingerprint density at radius 2 is 1.78 bits per heavy atom. The molecule has 0 spiro atoms. The normalized spacial score (nSPS) is 16.2. The van der Waals surface area contributed by atoms with E-state index in [1.54, 1.807) is 0 Å². The van der Waals surface area contributed by atoms with Crippen molar-refractivity contribution in [3.05, 3.63) is 66.0 Å². The number of ether oxygens (including phenoxy) is 1. The Morgan fingerprint density at radius 1 is 1.03 bits per heavy atom. The molecule has 1 amide bonds. The van der Waals surface area contributed by atoms with E-state index >= 15 is 0 Å². The Balaban J connectivity index is 1.20. The van der Waals surface area contributed by atoms with Gasteiger partial charge in [0, 0.05) is 30.4 Å². The average Bonchev–Trinajstić information content (AvgIpc) is 3.61. The van der Waals surface area contributed by atoms with Gasteiger partial charge in [-0.05, 0) is 42.7 Å². The molecule has 1 aromatic heterocycles. The van der Waals surface area contributed by atoms with Crippen LogP contribution in [0.4, 0.5) is 11.4 Å². The molecule has 0 atom stereocenters. The molecule has 1 N–H and O–H groups in total. The van der Waals surface area contributed by atoms with E-state index in [-0.39, 0.29) is 5.91 Å². The van der Waals surface area contributed by atoms with Gasteiger partial charge in [0.25, 0.3) is 0 Å². The summed E-state index contributed by atoms with van der Waals surface area (Å²) in [6.45, 7) is 4.04. The molecule has 0 radical (unpaired) electrons. The summed E-state index contributed by atoms with van der Waals surface area (Å²) in [4.78, 5) is 14.9. The third-order valence-electron chi connectivity index (χ3n) is 5.73. The number of morpholine rings is 1. The van der Waals surface area contributed by atoms with E-state index in [9.17, 15) is 4.79 Å². The molecule has 0 bridgehead atoms. The highest BCUT2D eigenvalue weighted by Gasteiger charge is 2.30. The Labute approximate surface area is 192 Å². The minimum Gasteiger partial charge on any atom is -0.378 e. The lowest BCUT2D eigenvalue weighted by atomic mass is 10.2. The third-order valence-corrected chi connectivity index (χ3v) is 6.70. The minimum absolute atomic E-state index is 0.0450. The van der Waals surface area contributed by atoms with Gasteiger partial charge >= 0.3 is 0 Å². The number of nitrogens with zero attached hydrogens (tertiary/aromatic N) is 4. The SMILES string of the molecule is O=C(CSc1nnc(C2CC2)n1Cc1ccccc1)Nc1ccc(N2CCOCC2)cc1. The third kappa shape index (κ3) is 5.14. The van der Waals surface area contributed by atoms with Crippen LogP contribution in [-0.4, -0.2) is 52.7 Å². The molecule has 8 heteroatoms. The van der Waals surface area contributed by atoms with Gasteiger partial charge in [-0.15, -0.1) is 10.2 Å². The van der Waals surface area contributed by atoms with Crippen molar-refractivity contribution in [1.29, 1.82) is 0 Å². The van der Waals surface area contributed by atoms with Crippen molar-refractivity contribution < 1.29 is 9.53 Å². The molecule has 1 aliphatic carbocycles. The maximum Gasteiger partial charge on any atom is 0.234 e. The Hall–Kier alpha value is -2.84. The molecule has 32 heavy (non-hydrogen) atoms. The van der Waals surface area contributed by atoms with Crippen LogP contribution in [0.15, 0.2) is 59.8 Å². The first kappa shape index (κ1) is 21.0. The number of amides is 1. The van der Waals surface area contributed by atoms with Crippen LogP contribution in [-0.2, 0) is 16.1 Å². The molecule has 0 unspecified atom stereocenters. The van der Waals surface area contributed by atoms with Gasteiger partial charge in [0.05, 0.1) is 25.5 Å². The first-order valence-electron chi connectivity index (χ1n) is 11.1. The van der Waals surface area contributed by atoms with Crippen LogP contribution in [0.5, 0.6) is 0 Å². The molecular formula is C24H27N5O2S. The zero-order chi connectivity index (χ0) is 21.8. The molecule has 2 aliphatic rings. The molecule has 2 fully saturated rings. The summed E-state index contributed by atoms with van der Waals surface area (Å²) in [7, 11) is 0. The van der Waals surface area contributed by atoms with Gasteiger partial charge in [0.2, 0.25) is 5.91 Å². The standard InChI is InChI=1S/C24H27N5O2S/c30-22(25-20-8-10-21(11-9-20)28-12-14-31-15-13-28)17-32-24-27-26-23(19-6-7-19)29(24)16-18-4-2-1-3-5-18/h1-5,8-11,19H,6-7,12-17H2,(H,25,30). The van der Waals surface area contributed by atoms with Crippen LogP contribution in [0.3, 0.4) is 0 Å². The van der Waals surface area contributed by atoms with E-state index in [2.05, 4.69) is 37.1 Å². The number of aromatic nitrogens is 3. The smallest absolute Gasteiger partial charge is 0.234 e. The van der Waals surface area contributed by atoms with Gasteiger partial charge in [-0.1, -0.05) is 42.1 Å². The Bertz CT molecular complexity index is 1040. The summed E-state index contributed by atoms with van der Waals surface area (Å²) in [6.07, 6.45) is 2.33. The van der Waals surface area contributed by atoms with Gasteiger partial charge < -0.3 is 19.5 Å². The van der Waals surface area contributed by atoms with Gasteiger partial charge in [0.1, 0.15) is 5.82 Å². The molecule has 5 rings (SSSR count). The quantitative estimate of drug-likeness (QED) is 0.528. The number of hydrogen-bond acceptors (Lipinski definition) is 6. The highest BCUT2D eigenvalue weighted by molar-refractivity contribution is 7.99.